The monoisotopic (exact) mass is 287 g/mol. The van der Waals surface area contributed by atoms with Crippen LogP contribution in [0.25, 0.3) is 10.9 Å². The van der Waals surface area contributed by atoms with E-state index in [2.05, 4.69) is 44.4 Å². The molecule has 4 nitrogen and oxygen atoms in total. The minimum absolute atomic E-state index is 0.00261. The molecular formula is C17H25N3O. The number of aromatic nitrogens is 1. The SMILES string of the molecule is COC(C(Cc1ccc2ccccc2n1)NN)C(C)(C)C. The van der Waals surface area contributed by atoms with E-state index >= 15 is 0 Å². The van der Waals surface area contributed by atoms with E-state index in [1.54, 1.807) is 7.11 Å². The van der Waals surface area contributed by atoms with Gasteiger partial charge in [-0.25, -0.2) is 0 Å². The third kappa shape index (κ3) is 3.79. The molecule has 2 aromatic rings. The fraction of sp³-hybridized carbons (Fsp3) is 0.471. The van der Waals surface area contributed by atoms with Gasteiger partial charge >= 0.3 is 0 Å². The minimum Gasteiger partial charge on any atom is -0.379 e. The van der Waals surface area contributed by atoms with Crippen molar-refractivity contribution in [2.75, 3.05) is 7.11 Å². The van der Waals surface area contributed by atoms with Crippen LogP contribution >= 0.6 is 0 Å². The van der Waals surface area contributed by atoms with E-state index in [0.717, 1.165) is 23.0 Å². The van der Waals surface area contributed by atoms with Gasteiger partial charge in [-0.15, -0.1) is 0 Å². The summed E-state index contributed by atoms with van der Waals surface area (Å²) < 4.78 is 5.66. The largest absolute Gasteiger partial charge is 0.379 e. The molecule has 3 N–H and O–H groups in total. The average Bonchev–Trinajstić information content (AvgIpc) is 2.45. The first-order chi connectivity index (χ1) is 9.95. The quantitative estimate of drug-likeness (QED) is 0.655. The maximum Gasteiger partial charge on any atom is 0.0789 e. The molecule has 114 valence electrons. The summed E-state index contributed by atoms with van der Waals surface area (Å²) in [4.78, 5) is 4.71. The third-order valence-electron chi connectivity index (χ3n) is 3.77. The average molecular weight is 287 g/mol. The van der Waals surface area contributed by atoms with Crippen molar-refractivity contribution >= 4 is 10.9 Å². The lowest BCUT2D eigenvalue weighted by Gasteiger charge is -2.35. The molecule has 1 aromatic heterocycles. The van der Waals surface area contributed by atoms with E-state index in [1.807, 2.05) is 18.2 Å². The highest BCUT2D eigenvalue weighted by atomic mass is 16.5. The minimum atomic E-state index is 0.00261. The molecule has 0 aliphatic rings. The van der Waals surface area contributed by atoms with E-state index in [1.165, 1.54) is 0 Å². The van der Waals surface area contributed by atoms with Crippen molar-refractivity contribution in [1.82, 2.24) is 10.4 Å². The zero-order chi connectivity index (χ0) is 15.5. The Hall–Kier alpha value is -1.49. The second-order valence-corrected chi connectivity index (χ2v) is 6.49. The van der Waals surface area contributed by atoms with Crippen LogP contribution in [0.15, 0.2) is 36.4 Å². The van der Waals surface area contributed by atoms with Crippen LogP contribution in [0.3, 0.4) is 0 Å². The number of nitrogens with one attached hydrogen (secondary N) is 1. The van der Waals surface area contributed by atoms with Crippen LogP contribution < -0.4 is 11.3 Å². The summed E-state index contributed by atoms with van der Waals surface area (Å²) in [6.45, 7) is 6.46. The number of benzene rings is 1. The van der Waals surface area contributed by atoms with Gasteiger partial charge in [0.05, 0.1) is 17.7 Å². The first-order valence-electron chi connectivity index (χ1n) is 7.29. The number of ether oxygens (including phenoxy) is 1. The summed E-state index contributed by atoms with van der Waals surface area (Å²) in [5.74, 6) is 5.75. The molecule has 0 spiro atoms. The molecule has 0 radical (unpaired) electrons. The Balaban J connectivity index is 2.23. The molecule has 2 atom stereocenters. The molecule has 0 bridgehead atoms. The lowest BCUT2D eigenvalue weighted by Crippen LogP contribution is -2.51. The molecule has 0 saturated carbocycles. The standard InChI is InChI=1S/C17H25N3O/c1-17(2,3)16(21-4)15(20-18)11-13-10-9-12-7-5-6-8-14(12)19-13/h5-10,15-16,20H,11,18H2,1-4H3. The number of methoxy groups -OCH3 is 1. The predicted molar refractivity (Wildman–Crippen MR) is 86.8 cm³/mol. The zero-order valence-electron chi connectivity index (χ0n) is 13.3. The molecule has 21 heavy (non-hydrogen) atoms. The number of pyridine rings is 1. The summed E-state index contributed by atoms with van der Waals surface area (Å²) in [6, 6.07) is 12.3. The normalized spacial score (nSPS) is 15.1. The highest BCUT2D eigenvalue weighted by Gasteiger charge is 2.32. The summed E-state index contributed by atoms with van der Waals surface area (Å²) >= 11 is 0. The van der Waals surface area contributed by atoms with Gasteiger partial charge in [-0.05, 0) is 17.5 Å². The van der Waals surface area contributed by atoms with Gasteiger partial charge in [0, 0.05) is 24.6 Å². The molecule has 2 rings (SSSR count). The number of hydrazine groups is 1. The zero-order valence-corrected chi connectivity index (χ0v) is 13.3. The number of hydrogen-bond donors (Lipinski definition) is 2. The fourth-order valence-electron chi connectivity index (χ4n) is 2.82. The molecule has 2 unspecified atom stereocenters. The third-order valence-corrected chi connectivity index (χ3v) is 3.77. The maximum absolute atomic E-state index is 5.75. The molecule has 4 heteroatoms. The summed E-state index contributed by atoms with van der Waals surface area (Å²) in [5, 5.41) is 1.15. The van der Waals surface area contributed by atoms with Gasteiger partial charge < -0.3 is 4.74 Å². The highest BCUT2D eigenvalue weighted by Crippen LogP contribution is 2.26. The van der Waals surface area contributed by atoms with Gasteiger partial charge in [0.25, 0.3) is 0 Å². The lowest BCUT2D eigenvalue weighted by atomic mass is 9.83. The number of nitrogens with two attached hydrogens (primary N) is 1. The lowest BCUT2D eigenvalue weighted by molar-refractivity contribution is -0.0112. The number of rotatable bonds is 5. The van der Waals surface area contributed by atoms with Gasteiger partial charge in [0.1, 0.15) is 0 Å². The molecule has 0 saturated heterocycles. The van der Waals surface area contributed by atoms with Crippen molar-refractivity contribution in [2.24, 2.45) is 11.3 Å². The predicted octanol–water partition coefficient (Wildman–Crippen LogP) is 2.67. The van der Waals surface area contributed by atoms with Crippen molar-refractivity contribution in [3.05, 3.63) is 42.1 Å². The number of para-hydroxylation sites is 1. The Morgan fingerprint density at radius 3 is 2.52 bits per heavy atom. The van der Waals surface area contributed by atoms with Crippen LogP contribution in [0.5, 0.6) is 0 Å². The molecule has 0 aliphatic carbocycles. The summed E-state index contributed by atoms with van der Waals surface area (Å²) in [7, 11) is 1.73. The van der Waals surface area contributed by atoms with Crippen LogP contribution in [0, 0.1) is 5.41 Å². The van der Waals surface area contributed by atoms with Gasteiger partial charge in [-0.3, -0.25) is 16.3 Å². The second-order valence-electron chi connectivity index (χ2n) is 6.49. The smallest absolute Gasteiger partial charge is 0.0789 e. The van der Waals surface area contributed by atoms with E-state index in [4.69, 9.17) is 15.6 Å². The second kappa shape index (κ2) is 6.52. The number of fused-ring (bicyclic) bond motifs is 1. The van der Waals surface area contributed by atoms with E-state index in [9.17, 15) is 0 Å². The van der Waals surface area contributed by atoms with Gasteiger partial charge in [0.2, 0.25) is 0 Å². The van der Waals surface area contributed by atoms with Crippen LogP contribution in [-0.4, -0.2) is 24.2 Å². The number of nitrogens with zero attached hydrogens (tertiary/aromatic N) is 1. The van der Waals surface area contributed by atoms with Crippen molar-refractivity contribution in [2.45, 2.75) is 39.3 Å². The summed E-state index contributed by atoms with van der Waals surface area (Å²) in [5.41, 5.74) is 4.92. The molecular weight excluding hydrogens is 262 g/mol. The van der Waals surface area contributed by atoms with E-state index in [0.29, 0.717) is 0 Å². The Morgan fingerprint density at radius 1 is 1.19 bits per heavy atom. The highest BCUT2D eigenvalue weighted by molar-refractivity contribution is 5.78. The Bertz CT molecular complexity index is 592. The Labute approximate surface area is 126 Å². The van der Waals surface area contributed by atoms with Crippen LogP contribution in [-0.2, 0) is 11.2 Å². The fourth-order valence-corrected chi connectivity index (χ4v) is 2.82. The first-order valence-corrected chi connectivity index (χ1v) is 7.29. The molecule has 1 heterocycles. The Morgan fingerprint density at radius 2 is 1.90 bits per heavy atom. The van der Waals surface area contributed by atoms with Crippen LogP contribution in [0.4, 0.5) is 0 Å². The first kappa shape index (κ1) is 15.9. The number of hydrogen-bond acceptors (Lipinski definition) is 4. The molecule has 0 aliphatic heterocycles. The van der Waals surface area contributed by atoms with Crippen molar-refractivity contribution < 1.29 is 4.74 Å². The molecule has 0 amide bonds. The Kier molecular flexibility index (Phi) is 4.93. The van der Waals surface area contributed by atoms with Gasteiger partial charge in [0.15, 0.2) is 0 Å². The van der Waals surface area contributed by atoms with Crippen LogP contribution in [0.2, 0.25) is 0 Å². The van der Waals surface area contributed by atoms with E-state index in [-0.39, 0.29) is 17.6 Å². The van der Waals surface area contributed by atoms with Crippen molar-refractivity contribution in [3.63, 3.8) is 0 Å². The molecule has 1 aromatic carbocycles. The van der Waals surface area contributed by atoms with Gasteiger partial charge in [-0.1, -0.05) is 45.0 Å². The van der Waals surface area contributed by atoms with Crippen LogP contribution in [0.1, 0.15) is 26.5 Å². The van der Waals surface area contributed by atoms with Gasteiger partial charge in [-0.2, -0.15) is 0 Å². The van der Waals surface area contributed by atoms with E-state index < -0.39 is 0 Å². The van der Waals surface area contributed by atoms with Crippen molar-refractivity contribution in [3.8, 4) is 0 Å². The summed E-state index contributed by atoms with van der Waals surface area (Å²) in [6.07, 6.45) is 0.743. The maximum atomic E-state index is 5.75. The molecule has 0 fully saturated rings. The van der Waals surface area contributed by atoms with Crippen molar-refractivity contribution in [1.29, 1.82) is 0 Å². The topological polar surface area (TPSA) is 60.2 Å².